The third-order valence-electron chi connectivity index (χ3n) is 5.36. The number of nitrogens with zero attached hydrogens (tertiary/aromatic N) is 2. The molecule has 2 aliphatic heterocycles. The Morgan fingerprint density at radius 3 is 2.52 bits per heavy atom. The number of ether oxygens (including phenoxy) is 1. The molecule has 2 unspecified atom stereocenters. The van der Waals surface area contributed by atoms with E-state index in [1.165, 1.54) is 0 Å². The van der Waals surface area contributed by atoms with Gasteiger partial charge in [0.1, 0.15) is 5.75 Å². The van der Waals surface area contributed by atoms with Crippen LogP contribution in [0, 0.1) is 5.92 Å². The van der Waals surface area contributed by atoms with Crippen molar-refractivity contribution in [1.29, 1.82) is 0 Å². The minimum Gasteiger partial charge on any atom is -0.494 e. The van der Waals surface area contributed by atoms with Gasteiger partial charge >= 0.3 is 5.97 Å². The largest absolute Gasteiger partial charge is 0.494 e. The number of aliphatic carboxylic acids is 1. The standard InChI is InChI=1S/C20H28N2O4.ClH/c1-2-26-17-9-7-15(8-10-17)18-6-4-12-22(18)19(23)14-21-11-3-5-16(13-21)20(24)25;/h7-10,16,18H,2-6,11-14H2,1H3,(H,24,25);1H. The number of amides is 1. The fraction of sp³-hybridized carbons (Fsp3) is 0.600. The lowest BCUT2D eigenvalue weighted by Crippen LogP contribution is -2.45. The topological polar surface area (TPSA) is 70.1 Å². The SMILES string of the molecule is CCOc1ccc(C2CCCN2C(=O)CN2CCCC(C(=O)O)C2)cc1.Cl. The first-order valence-corrected chi connectivity index (χ1v) is 9.56. The first-order chi connectivity index (χ1) is 12.6. The highest BCUT2D eigenvalue weighted by Gasteiger charge is 2.32. The van der Waals surface area contributed by atoms with Crippen LogP contribution in [0.15, 0.2) is 24.3 Å². The molecule has 2 heterocycles. The summed E-state index contributed by atoms with van der Waals surface area (Å²) < 4.78 is 5.49. The second-order valence-corrected chi connectivity index (χ2v) is 7.16. The minimum atomic E-state index is -0.754. The zero-order valence-corrected chi connectivity index (χ0v) is 16.6. The Hall–Kier alpha value is -1.79. The van der Waals surface area contributed by atoms with Crippen molar-refractivity contribution < 1.29 is 19.4 Å². The molecule has 0 radical (unpaired) electrons. The Morgan fingerprint density at radius 2 is 1.85 bits per heavy atom. The number of halogens is 1. The van der Waals surface area contributed by atoms with E-state index < -0.39 is 5.97 Å². The van der Waals surface area contributed by atoms with Crippen LogP contribution in [0.1, 0.15) is 44.2 Å². The van der Waals surface area contributed by atoms with Gasteiger partial charge in [-0.2, -0.15) is 0 Å². The zero-order valence-electron chi connectivity index (χ0n) is 15.8. The van der Waals surface area contributed by atoms with Crippen LogP contribution in [-0.4, -0.2) is 59.6 Å². The number of hydrogen-bond acceptors (Lipinski definition) is 4. The predicted octanol–water partition coefficient (Wildman–Crippen LogP) is 2.97. The summed E-state index contributed by atoms with van der Waals surface area (Å²) in [7, 11) is 0. The van der Waals surface area contributed by atoms with Crippen molar-refractivity contribution in [3.63, 3.8) is 0 Å². The zero-order chi connectivity index (χ0) is 18.5. The minimum absolute atomic E-state index is 0. The van der Waals surface area contributed by atoms with Crippen LogP contribution >= 0.6 is 12.4 Å². The quantitative estimate of drug-likeness (QED) is 0.800. The molecule has 1 N–H and O–H groups in total. The van der Waals surface area contributed by atoms with Crippen molar-refractivity contribution in [3.05, 3.63) is 29.8 Å². The Balaban J connectivity index is 0.00000261. The molecule has 0 spiro atoms. The second kappa shape index (κ2) is 9.95. The molecule has 3 rings (SSSR count). The van der Waals surface area contributed by atoms with Crippen LogP contribution in [0.5, 0.6) is 5.75 Å². The van der Waals surface area contributed by atoms with E-state index in [0.29, 0.717) is 26.1 Å². The predicted molar refractivity (Wildman–Crippen MR) is 105 cm³/mol. The van der Waals surface area contributed by atoms with Gasteiger partial charge in [-0.1, -0.05) is 12.1 Å². The summed E-state index contributed by atoms with van der Waals surface area (Å²) in [5, 5.41) is 9.22. The molecule has 2 aliphatic rings. The van der Waals surface area contributed by atoms with Gasteiger partial charge in [-0.15, -0.1) is 12.4 Å². The van der Waals surface area contributed by atoms with Gasteiger partial charge in [-0.25, -0.2) is 0 Å². The maximum Gasteiger partial charge on any atom is 0.307 e. The molecule has 27 heavy (non-hydrogen) atoms. The second-order valence-electron chi connectivity index (χ2n) is 7.16. The van der Waals surface area contributed by atoms with Crippen molar-refractivity contribution >= 4 is 24.3 Å². The summed E-state index contributed by atoms with van der Waals surface area (Å²) in [6, 6.07) is 8.12. The Kier molecular flexibility index (Phi) is 7.92. The van der Waals surface area contributed by atoms with Crippen molar-refractivity contribution in [3.8, 4) is 5.75 Å². The molecular weight excluding hydrogens is 368 g/mol. The number of carbonyl (C=O) groups excluding carboxylic acids is 1. The normalized spacial score (nSPS) is 22.9. The summed E-state index contributed by atoms with van der Waals surface area (Å²) >= 11 is 0. The van der Waals surface area contributed by atoms with Gasteiger partial charge in [0.2, 0.25) is 5.91 Å². The average Bonchev–Trinajstić information content (AvgIpc) is 3.13. The maximum absolute atomic E-state index is 12.9. The van der Waals surface area contributed by atoms with Gasteiger partial charge in [0.25, 0.3) is 0 Å². The molecule has 6 nitrogen and oxygen atoms in total. The molecule has 2 fully saturated rings. The third-order valence-corrected chi connectivity index (χ3v) is 5.36. The van der Waals surface area contributed by atoms with E-state index in [9.17, 15) is 14.7 Å². The van der Waals surface area contributed by atoms with Crippen molar-refractivity contribution in [2.45, 2.75) is 38.6 Å². The average molecular weight is 397 g/mol. The Bertz CT molecular complexity index is 637. The number of carbonyl (C=O) groups is 2. The molecule has 1 amide bonds. The molecule has 1 aromatic rings. The van der Waals surface area contributed by atoms with Crippen LogP contribution in [0.2, 0.25) is 0 Å². The van der Waals surface area contributed by atoms with Crippen LogP contribution in [-0.2, 0) is 9.59 Å². The molecule has 150 valence electrons. The van der Waals surface area contributed by atoms with Crippen molar-refractivity contribution in [2.24, 2.45) is 5.92 Å². The summed E-state index contributed by atoms with van der Waals surface area (Å²) in [6.45, 7) is 4.96. The lowest BCUT2D eigenvalue weighted by molar-refractivity contribution is -0.145. The van der Waals surface area contributed by atoms with E-state index in [-0.39, 0.29) is 30.3 Å². The van der Waals surface area contributed by atoms with Crippen LogP contribution in [0.25, 0.3) is 0 Å². The number of hydrogen-bond donors (Lipinski definition) is 1. The number of carboxylic acids is 1. The third kappa shape index (κ3) is 5.36. The maximum atomic E-state index is 12.9. The molecule has 0 aliphatic carbocycles. The van der Waals surface area contributed by atoms with Crippen LogP contribution in [0.4, 0.5) is 0 Å². The molecule has 0 bridgehead atoms. The first-order valence-electron chi connectivity index (χ1n) is 9.56. The lowest BCUT2D eigenvalue weighted by atomic mass is 9.98. The van der Waals surface area contributed by atoms with Crippen molar-refractivity contribution in [2.75, 3.05) is 32.8 Å². The summed E-state index contributed by atoms with van der Waals surface area (Å²) in [5.41, 5.74) is 1.14. The number of carboxylic acid groups (broad SMARTS) is 1. The van der Waals surface area contributed by atoms with Crippen molar-refractivity contribution in [1.82, 2.24) is 9.80 Å². The Morgan fingerprint density at radius 1 is 1.15 bits per heavy atom. The lowest BCUT2D eigenvalue weighted by Gasteiger charge is -2.33. The molecule has 2 atom stereocenters. The fourth-order valence-electron chi connectivity index (χ4n) is 4.05. The van der Waals surface area contributed by atoms with E-state index >= 15 is 0 Å². The van der Waals surface area contributed by atoms with Gasteiger partial charge in [0, 0.05) is 13.1 Å². The summed E-state index contributed by atoms with van der Waals surface area (Å²) in [4.78, 5) is 28.0. The molecular formula is C20H29ClN2O4. The molecule has 2 saturated heterocycles. The molecule has 1 aromatic carbocycles. The molecule has 7 heteroatoms. The number of benzene rings is 1. The number of rotatable bonds is 6. The first kappa shape index (κ1) is 21.5. The highest BCUT2D eigenvalue weighted by Crippen LogP contribution is 2.33. The van der Waals surface area contributed by atoms with Crippen LogP contribution < -0.4 is 4.74 Å². The van der Waals surface area contributed by atoms with Gasteiger partial charge in [0.15, 0.2) is 0 Å². The van der Waals surface area contributed by atoms with E-state index in [0.717, 1.165) is 43.7 Å². The van der Waals surface area contributed by atoms with E-state index in [2.05, 4.69) is 0 Å². The van der Waals surface area contributed by atoms with E-state index in [1.54, 1.807) is 0 Å². The summed E-state index contributed by atoms with van der Waals surface area (Å²) in [5.74, 6) is -0.153. The molecule has 0 saturated carbocycles. The van der Waals surface area contributed by atoms with Crippen LogP contribution in [0.3, 0.4) is 0 Å². The van der Waals surface area contributed by atoms with Gasteiger partial charge < -0.3 is 14.7 Å². The van der Waals surface area contributed by atoms with E-state index in [1.807, 2.05) is 41.0 Å². The van der Waals surface area contributed by atoms with Gasteiger partial charge in [0.05, 0.1) is 25.1 Å². The monoisotopic (exact) mass is 396 g/mol. The Labute approximate surface area is 166 Å². The smallest absolute Gasteiger partial charge is 0.307 e. The summed E-state index contributed by atoms with van der Waals surface area (Å²) in [6.07, 6.45) is 3.52. The fourth-order valence-corrected chi connectivity index (χ4v) is 4.05. The number of likely N-dealkylation sites (tertiary alicyclic amines) is 2. The van der Waals surface area contributed by atoms with Gasteiger partial charge in [-0.3, -0.25) is 14.5 Å². The highest BCUT2D eigenvalue weighted by atomic mass is 35.5. The number of piperidine rings is 1. The van der Waals surface area contributed by atoms with Gasteiger partial charge in [-0.05, 0) is 56.8 Å². The molecule has 0 aromatic heterocycles. The highest BCUT2D eigenvalue weighted by molar-refractivity contribution is 5.85. The van der Waals surface area contributed by atoms with E-state index in [4.69, 9.17) is 4.74 Å².